The number of piperazine rings is 1. The van der Waals surface area contributed by atoms with Crippen molar-refractivity contribution in [2.75, 3.05) is 36.4 Å². The van der Waals surface area contributed by atoms with Crippen LogP contribution in [-0.4, -0.2) is 48.9 Å². The smallest absolute Gasteiger partial charge is 0.218 e. The van der Waals surface area contributed by atoms with E-state index in [4.69, 9.17) is 11.6 Å². The number of aromatic nitrogens is 2. The van der Waals surface area contributed by atoms with Crippen LogP contribution in [0.1, 0.15) is 17.0 Å². The Hall–Kier alpha value is -2.68. The van der Waals surface area contributed by atoms with Gasteiger partial charge in [-0.25, -0.2) is 18.4 Å². The number of nitrogens with one attached hydrogen (secondary N) is 1. The molecule has 0 amide bonds. The van der Waals surface area contributed by atoms with Gasteiger partial charge in [0.05, 0.1) is 5.75 Å². The van der Waals surface area contributed by atoms with E-state index in [-0.39, 0.29) is 5.75 Å². The number of benzene rings is 2. The molecule has 168 valence electrons. The summed E-state index contributed by atoms with van der Waals surface area (Å²) in [7, 11) is -3.40. The highest BCUT2D eigenvalue weighted by Crippen LogP contribution is 2.23. The second-order valence-corrected chi connectivity index (χ2v) is 10.3. The zero-order valence-corrected chi connectivity index (χ0v) is 19.7. The van der Waals surface area contributed by atoms with Gasteiger partial charge in [0.15, 0.2) is 0 Å². The minimum Gasteiger partial charge on any atom is -0.354 e. The number of anilines is 3. The number of hydrogen-bond donors (Lipinski definition) is 1. The Morgan fingerprint density at radius 2 is 1.59 bits per heavy atom. The number of hydrogen-bond acceptors (Lipinski definition) is 6. The monoisotopic (exact) mass is 471 g/mol. The van der Waals surface area contributed by atoms with Crippen molar-refractivity contribution in [1.29, 1.82) is 0 Å². The van der Waals surface area contributed by atoms with Crippen LogP contribution in [0.2, 0.25) is 5.02 Å². The molecular formula is C23H26ClN5O2S. The van der Waals surface area contributed by atoms with E-state index >= 15 is 0 Å². The summed E-state index contributed by atoms with van der Waals surface area (Å²) in [6, 6.07) is 16.9. The Morgan fingerprint density at radius 1 is 0.938 bits per heavy atom. The summed E-state index contributed by atoms with van der Waals surface area (Å²) in [6.45, 7) is 5.88. The van der Waals surface area contributed by atoms with Crippen LogP contribution in [0.25, 0.3) is 0 Å². The van der Waals surface area contributed by atoms with E-state index in [1.165, 1.54) is 5.56 Å². The van der Waals surface area contributed by atoms with Crippen molar-refractivity contribution in [2.24, 2.45) is 0 Å². The van der Waals surface area contributed by atoms with Gasteiger partial charge in [-0.2, -0.15) is 4.31 Å². The minimum atomic E-state index is -3.40. The van der Waals surface area contributed by atoms with Crippen LogP contribution < -0.4 is 10.2 Å². The highest BCUT2D eigenvalue weighted by atomic mass is 35.5. The molecule has 0 radical (unpaired) electrons. The number of aryl methyl sites for hydroxylation is 2. The molecule has 7 nitrogen and oxygen atoms in total. The average molecular weight is 472 g/mol. The Bertz CT molecular complexity index is 1180. The van der Waals surface area contributed by atoms with E-state index in [1.54, 1.807) is 28.6 Å². The maximum Gasteiger partial charge on any atom is 0.218 e. The lowest BCUT2D eigenvalue weighted by Crippen LogP contribution is -2.49. The number of halogens is 1. The first-order valence-corrected chi connectivity index (χ1v) is 12.4. The van der Waals surface area contributed by atoms with Gasteiger partial charge in [0.25, 0.3) is 0 Å². The zero-order valence-electron chi connectivity index (χ0n) is 18.1. The van der Waals surface area contributed by atoms with E-state index in [0.29, 0.717) is 42.8 Å². The lowest BCUT2D eigenvalue weighted by molar-refractivity contribution is 0.383. The SMILES string of the molecule is Cc1ccc(Nc2cc(N3CCN(S(=O)(=O)Cc4ccc(Cl)cc4)CC3)nc(C)n2)cc1. The predicted octanol–water partition coefficient (Wildman–Crippen LogP) is 4.14. The molecule has 1 fully saturated rings. The molecule has 3 aromatic rings. The first kappa shape index (κ1) is 22.5. The number of sulfonamides is 1. The van der Waals surface area contributed by atoms with Crippen molar-refractivity contribution in [3.8, 4) is 0 Å². The Balaban J connectivity index is 1.41. The molecule has 0 spiro atoms. The van der Waals surface area contributed by atoms with Crippen LogP contribution in [-0.2, 0) is 15.8 Å². The van der Waals surface area contributed by atoms with Gasteiger partial charge >= 0.3 is 0 Å². The quantitative estimate of drug-likeness (QED) is 0.582. The van der Waals surface area contributed by atoms with Gasteiger partial charge in [0.1, 0.15) is 17.5 Å². The van der Waals surface area contributed by atoms with Crippen LogP contribution in [0.4, 0.5) is 17.3 Å². The molecule has 0 unspecified atom stereocenters. The van der Waals surface area contributed by atoms with E-state index in [1.807, 2.05) is 44.2 Å². The molecular weight excluding hydrogens is 446 g/mol. The van der Waals surface area contributed by atoms with E-state index in [0.717, 1.165) is 17.1 Å². The van der Waals surface area contributed by atoms with E-state index in [2.05, 4.69) is 20.2 Å². The Labute approximate surface area is 194 Å². The molecule has 4 rings (SSSR count). The van der Waals surface area contributed by atoms with Crippen molar-refractivity contribution in [2.45, 2.75) is 19.6 Å². The van der Waals surface area contributed by atoms with Crippen LogP contribution in [0.5, 0.6) is 0 Å². The molecule has 0 bridgehead atoms. The highest BCUT2D eigenvalue weighted by Gasteiger charge is 2.28. The Morgan fingerprint density at radius 3 is 2.25 bits per heavy atom. The predicted molar refractivity (Wildman–Crippen MR) is 129 cm³/mol. The van der Waals surface area contributed by atoms with Gasteiger partial charge < -0.3 is 10.2 Å². The van der Waals surface area contributed by atoms with E-state index < -0.39 is 10.0 Å². The van der Waals surface area contributed by atoms with Crippen molar-refractivity contribution < 1.29 is 8.42 Å². The van der Waals surface area contributed by atoms with Crippen LogP contribution in [0.15, 0.2) is 54.6 Å². The van der Waals surface area contributed by atoms with Crippen molar-refractivity contribution in [3.05, 3.63) is 76.6 Å². The molecule has 0 atom stereocenters. The molecule has 1 N–H and O–H groups in total. The summed E-state index contributed by atoms with van der Waals surface area (Å²) in [5, 5.41) is 3.92. The summed E-state index contributed by atoms with van der Waals surface area (Å²) < 4.78 is 27.3. The van der Waals surface area contributed by atoms with Crippen molar-refractivity contribution in [1.82, 2.24) is 14.3 Å². The fourth-order valence-corrected chi connectivity index (χ4v) is 5.28. The molecule has 32 heavy (non-hydrogen) atoms. The minimum absolute atomic E-state index is 0.0264. The Kier molecular flexibility index (Phi) is 6.64. The van der Waals surface area contributed by atoms with Crippen LogP contribution >= 0.6 is 11.6 Å². The molecule has 2 heterocycles. The molecule has 9 heteroatoms. The van der Waals surface area contributed by atoms with Gasteiger partial charge in [-0.3, -0.25) is 0 Å². The fourth-order valence-electron chi connectivity index (χ4n) is 3.64. The second kappa shape index (κ2) is 9.44. The highest BCUT2D eigenvalue weighted by molar-refractivity contribution is 7.88. The molecule has 1 aliphatic heterocycles. The summed E-state index contributed by atoms with van der Waals surface area (Å²) in [4.78, 5) is 11.2. The summed E-state index contributed by atoms with van der Waals surface area (Å²) in [5.41, 5.74) is 2.88. The first-order valence-electron chi connectivity index (χ1n) is 10.5. The third-order valence-corrected chi connectivity index (χ3v) is 7.47. The first-order chi connectivity index (χ1) is 15.3. The molecule has 1 saturated heterocycles. The van der Waals surface area contributed by atoms with Gasteiger partial charge in [-0.1, -0.05) is 41.4 Å². The largest absolute Gasteiger partial charge is 0.354 e. The normalized spacial score (nSPS) is 15.0. The van der Waals surface area contributed by atoms with Gasteiger partial charge in [0.2, 0.25) is 10.0 Å². The average Bonchev–Trinajstić information content (AvgIpc) is 2.76. The number of nitrogens with zero attached hydrogens (tertiary/aromatic N) is 4. The third kappa shape index (κ3) is 5.56. The topological polar surface area (TPSA) is 78.4 Å². The lowest BCUT2D eigenvalue weighted by Gasteiger charge is -2.34. The second-order valence-electron chi connectivity index (χ2n) is 7.92. The lowest BCUT2D eigenvalue weighted by atomic mass is 10.2. The van der Waals surface area contributed by atoms with Crippen molar-refractivity contribution >= 4 is 38.9 Å². The molecule has 1 aliphatic rings. The molecule has 1 aromatic heterocycles. The maximum atomic E-state index is 12.9. The van der Waals surface area contributed by atoms with Gasteiger partial charge in [0, 0.05) is 43.0 Å². The summed E-state index contributed by atoms with van der Waals surface area (Å²) in [6.07, 6.45) is 0. The van der Waals surface area contributed by atoms with Gasteiger partial charge in [-0.15, -0.1) is 0 Å². The van der Waals surface area contributed by atoms with E-state index in [9.17, 15) is 8.42 Å². The molecule has 2 aromatic carbocycles. The molecule has 0 saturated carbocycles. The summed E-state index contributed by atoms with van der Waals surface area (Å²) in [5.74, 6) is 2.15. The maximum absolute atomic E-state index is 12.9. The standard InChI is InChI=1S/C23H26ClN5O2S/c1-17-3-9-21(10-4-17)27-22-15-23(26-18(2)25-22)28-11-13-29(14-12-28)32(30,31)16-19-5-7-20(24)8-6-19/h3-10,15H,11-14,16H2,1-2H3,(H,25,26,27). The van der Waals surface area contributed by atoms with Crippen LogP contribution in [0.3, 0.4) is 0 Å². The molecule has 0 aliphatic carbocycles. The van der Waals surface area contributed by atoms with Crippen LogP contribution in [0, 0.1) is 13.8 Å². The fraction of sp³-hybridized carbons (Fsp3) is 0.304. The zero-order chi connectivity index (χ0) is 22.7. The van der Waals surface area contributed by atoms with Gasteiger partial charge in [-0.05, 0) is 43.7 Å². The van der Waals surface area contributed by atoms with Crippen molar-refractivity contribution in [3.63, 3.8) is 0 Å². The number of rotatable bonds is 6. The third-order valence-electron chi connectivity index (χ3n) is 5.37. The summed E-state index contributed by atoms with van der Waals surface area (Å²) >= 11 is 5.90.